The first-order valence-corrected chi connectivity index (χ1v) is 10.7. The van der Waals surface area contributed by atoms with Crippen LogP contribution in [0.15, 0.2) is 30.5 Å². The van der Waals surface area contributed by atoms with Gasteiger partial charge in [0.05, 0.1) is 16.8 Å². The van der Waals surface area contributed by atoms with Gasteiger partial charge in [-0.1, -0.05) is 0 Å². The molecule has 9 heteroatoms. The van der Waals surface area contributed by atoms with E-state index in [-0.39, 0.29) is 23.7 Å². The Morgan fingerprint density at radius 3 is 2.61 bits per heavy atom. The lowest BCUT2D eigenvalue weighted by Gasteiger charge is -2.16. The zero-order valence-corrected chi connectivity index (χ0v) is 20.0. The van der Waals surface area contributed by atoms with Crippen molar-refractivity contribution >= 4 is 40.8 Å². The zero-order valence-electron chi connectivity index (χ0n) is 19.2. The number of hydrogen-bond donors (Lipinski definition) is 3. The summed E-state index contributed by atoms with van der Waals surface area (Å²) in [6.07, 6.45) is 4.51. The van der Waals surface area contributed by atoms with Gasteiger partial charge in [-0.15, -0.1) is 12.4 Å². The van der Waals surface area contributed by atoms with Crippen molar-refractivity contribution in [3.05, 3.63) is 47.5 Å². The number of urea groups is 1. The summed E-state index contributed by atoms with van der Waals surface area (Å²) in [5.74, 6) is 0.259. The summed E-state index contributed by atoms with van der Waals surface area (Å²) in [5, 5.41) is 9.31. The predicted molar refractivity (Wildman–Crippen MR) is 132 cm³/mol. The molecule has 1 aliphatic carbocycles. The van der Waals surface area contributed by atoms with Crippen molar-refractivity contribution in [1.29, 1.82) is 0 Å². The Bertz CT molecular complexity index is 1180. The Morgan fingerprint density at radius 2 is 1.94 bits per heavy atom. The van der Waals surface area contributed by atoms with Gasteiger partial charge in [0.1, 0.15) is 11.6 Å². The number of ether oxygens (including phenoxy) is 1. The molecular weight excluding hydrogens is 445 g/mol. The number of anilines is 2. The molecule has 0 unspecified atom stereocenters. The summed E-state index contributed by atoms with van der Waals surface area (Å²) in [5.41, 5.74) is 4.10. The summed E-state index contributed by atoms with van der Waals surface area (Å²) in [7, 11) is 3.50. The topological polar surface area (TPSA) is 88.2 Å². The molecule has 7 nitrogen and oxygen atoms in total. The van der Waals surface area contributed by atoms with Crippen LogP contribution in [0.2, 0.25) is 0 Å². The Labute approximate surface area is 198 Å². The largest absolute Gasteiger partial charge is 0.378 e. The molecule has 2 heterocycles. The number of methoxy groups -OCH3 is 1. The van der Waals surface area contributed by atoms with Crippen molar-refractivity contribution < 1.29 is 13.9 Å². The molecule has 2 amide bonds. The first-order valence-electron chi connectivity index (χ1n) is 10.7. The molecule has 0 aliphatic heterocycles. The third-order valence-corrected chi connectivity index (χ3v) is 6.11. The number of aromatic nitrogens is 2. The molecule has 3 N–H and O–H groups in total. The van der Waals surface area contributed by atoms with Crippen molar-refractivity contribution in [2.45, 2.75) is 38.7 Å². The highest BCUT2D eigenvalue weighted by Gasteiger charge is 2.42. The van der Waals surface area contributed by atoms with Gasteiger partial charge in [-0.2, -0.15) is 0 Å². The van der Waals surface area contributed by atoms with E-state index in [9.17, 15) is 9.18 Å². The molecule has 176 valence electrons. The molecule has 1 saturated carbocycles. The highest BCUT2D eigenvalue weighted by Crippen LogP contribution is 2.41. The third-order valence-electron chi connectivity index (χ3n) is 6.11. The second-order valence-electron chi connectivity index (χ2n) is 8.30. The monoisotopic (exact) mass is 473 g/mol. The Morgan fingerprint density at radius 1 is 1.18 bits per heavy atom. The maximum atomic E-state index is 14.6. The maximum absolute atomic E-state index is 14.6. The maximum Gasteiger partial charge on any atom is 0.319 e. The summed E-state index contributed by atoms with van der Waals surface area (Å²) >= 11 is 0. The smallest absolute Gasteiger partial charge is 0.319 e. The van der Waals surface area contributed by atoms with Gasteiger partial charge in [-0.3, -0.25) is 4.98 Å². The number of hydrogen-bond acceptors (Lipinski definition) is 5. The SMILES string of the molecule is CNc1cc2nc(C)c(-c3cc(NC(=O)NCCC4(OC)CC4)c(F)cc3C)cc2cn1.Cl. The molecule has 0 radical (unpaired) electrons. The first kappa shape index (κ1) is 24.7. The van der Waals surface area contributed by atoms with Crippen LogP contribution >= 0.6 is 12.4 Å². The molecule has 2 aromatic heterocycles. The van der Waals surface area contributed by atoms with Crippen molar-refractivity contribution in [3.63, 3.8) is 0 Å². The average molecular weight is 474 g/mol. The van der Waals surface area contributed by atoms with Gasteiger partial charge < -0.3 is 20.7 Å². The molecule has 0 atom stereocenters. The van der Waals surface area contributed by atoms with E-state index in [0.717, 1.165) is 58.4 Å². The van der Waals surface area contributed by atoms with E-state index in [2.05, 4.69) is 20.9 Å². The second-order valence-corrected chi connectivity index (χ2v) is 8.30. The van der Waals surface area contributed by atoms with Gasteiger partial charge in [0, 0.05) is 49.6 Å². The number of amides is 2. The molecule has 0 bridgehead atoms. The number of carbonyl (C=O) groups is 1. The number of carbonyl (C=O) groups excluding carboxylic acids is 1. The van der Waals surface area contributed by atoms with Crippen LogP contribution in [0.4, 0.5) is 20.7 Å². The number of aryl methyl sites for hydroxylation is 2. The van der Waals surface area contributed by atoms with Crippen LogP contribution in [0.1, 0.15) is 30.5 Å². The number of pyridine rings is 2. The Balaban J connectivity index is 0.00000306. The molecule has 0 saturated heterocycles. The minimum absolute atomic E-state index is 0. The van der Waals surface area contributed by atoms with Gasteiger partial charge in [-0.25, -0.2) is 14.2 Å². The van der Waals surface area contributed by atoms with Gasteiger partial charge in [0.25, 0.3) is 0 Å². The van der Waals surface area contributed by atoms with Crippen LogP contribution in [-0.4, -0.2) is 42.3 Å². The van der Waals surface area contributed by atoms with Crippen molar-refractivity contribution in [2.24, 2.45) is 0 Å². The minimum atomic E-state index is -0.483. The number of halogens is 2. The van der Waals surface area contributed by atoms with Crippen LogP contribution in [0.3, 0.4) is 0 Å². The molecule has 1 aliphatic rings. The third kappa shape index (κ3) is 5.34. The number of rotatable bonds is 7. The van der Waals surface area contributed by atoms with Gasteiger partial charge in [-0.05, 0) is 62.4 Å². The summed E-state index contributed by atoms with van der Waals surface area (Å²) < 4.78 is 20.1. The van der Waals surface area contributed by atoms with E-state index in [1.54, 1.807) is 19.4 Å². The second kappa shape index (κ2) is 9.89. The Hall–Kier alpha value is -2.97. The molecule has 0 spiro atoms. The van der Waals surface area contributed by atoms with E-state index < -0.39 is 11.8 Å². The number of benzene rings is 1. The average Bonchev–Trinajstić information content (AvgIpc) is 3.55. The quantitative estimate of drug-likeness (QED) is 0.438. The highest BCUT2D eigenvalue weighted by atomic mass is 35.5. The number of fused-ring (bicyclic) bond motifs is 1. The lowest BCUT2D eigenvalue weighted by atomic mass is 9.97. The van der Waals surface area contributed by atoms with Gasteiger partial charge in [0.2, 0.25) is 0 Å². The molecular formula is C24H29ClFN5O2. The predicted octanol–water partition coefficient (Wildman–Crippen LogP) is 5.21. The van der Waals surface area contributed by atoms with E-state index >= 15 is 0 Å². The molecule has 1 aromatic carbocycles. The summed E-state index contributed by atoms with van der Waals surface area (Å²) in [6.45, 7) is 4.23. The first-order chi connectivity index (χ1) is 15.3. The molecule has 1 fully saturated rings. The lowest BCUT2D eigenvalue weighted by molar-refractivity contribution is 0.0736. The fraction of sp³-hybridized carbons (Fsp3) is 0.375. The number of nitrogens with zero attached hydrogens (tertiary/aromatic N) is 2. The summed E-state index contributed by atoms with van der Waals surface area (Å²) in [6, 6.07) is 6.53. The normalized spacial score (nSPS) is 13.8. The van der Waals surface area contributed by atoms with Crippen molar-refractivity contribution in [3.8, 4) is 11.1 Å². The van der Waals surface area contributed by atoms with Gasteiger partial charge >= 0.3 is 6.03 Å². The fourth-order valence-corrected chi connectivity index (χ4v) is 3.90. The van der Waals surface area contributed by atoms with Crippen molar-refractivity contribution in [1.82, 2.24) is 15.3 Å². The van der Waals surface area contributed by atoms with E-state index in [1.165, 1.54) is 6.07 Å². The lowest BCUT2D eigenvalue weighted by Crippen LogP contribution is -2.32. The van der Waals surface area contributed by atoms with Crippen LogP contribution < -0.4 is 16.0 Å². The molecule has 4 rings (SSSR count). The zero-order chi connectivity index (χ0) is 22.9. The summed E-state index contributed by atoms with van der Waals surface area (Å²) in [4.78, 5) is 21.4. The van der Waals surface area contributed by atoms with Crippen LogP contribution in [0.5, 0.6) is 0 Å². The van der Waals surface area contributed by atoms with Crippen LogP contribution in [0, 0.1) is 19.7 Å². The van der Waals surface area contributed by atoms with E-state index in [1.807, 2.05) is 33.0 Å². The van der Waals surface area contributed by atoms with E-state index in [4.69, 9.17) is 9.72 Å². The fourth-order valence-electron chi connectivity index (χ4n) is 3.90. The molecule has 33 heavy (non-hydrogen) atoms. The van der Waals surface area contributed by atoms with Crippen molar-refractivity contribution in [2.75, 3.05) is 31.3 Å². The Kier molecular flexibility index (Phi) is 7.39. The number of nitrogens with one attached hydrogen (secondary N) is 3. The minimum Gasteiger partial charge on any atom is -0.378 e. The van der Waals surface area contributed by atoms with E-state index in [0.29, 0.717) is 6.54 Å². The van der Waals surface area contributed by atoms with Crippen LogP contribution in [-0.2, 0) is 4.74 Å². The molecule has 3 aromatic rings. The highest BCUT2D eigenvalue weighted by molar-refractivity contribution is 5.92. The van der Waals surface area contributed by atoms with Gasteiger partial charge in [0.15, 0.2) is 0 Å². The van der Waals surface area contributed by atoms with Crippen LogP contribution in [0.25, 0.3) is 22.0 Å². The standard InChI is InChI=1S/C24H28FN5O2.ClH/c1-14-9-19(25)21(30-23(31)27-8-7-24(32-4)5-6-24)11-17(14)18-10-16-13-28-22(26-3)12-20(16)29-15(18)2;/h9-13H,5-8H2,1-4H3,(H,26,28)(H2,27,30,31);1H.